The lowest BCUT2D eigenvalue weighted by atomic mass is 10.2. The molecule has 0 saturated carbocycles. The average molecular weight is 142 g/mol. The lowest BCUT2D eigenvalue weighted by Crippen LogP contribution is -2.07. The predicted molar refractivity (Wildman–Crippen MR) is 40.9 cm³/mol. The van der Waals surface area contributed by atoms with Crippen LogP contribution in [0.1, 0.15) is 20.3 Å². The monoisotopic (exact) mass is 142 g/mol. The molecule has 0 bridgehead atoms. The maximum atomic E-state index is 9.89. The quantitative estimate of drug-likeness (QED) is 0.430. The molecular formula is C8H14O2. The van der Waals surface area contributed by atoms with Crippen LogP contribution in [0.3, 0.4) is 0 Å². The van der Waals surface area contributed by atoms with Crippen LogP contribution in [0.4, 0.5) is 0 Å². The Bertz CT molecular complexity index is 108. The highest BCUT2D eigenvalue weighted by atomic mass is 16.5. The third-order valence-electron chi connectivity index (χ3n) is 1.19. The van der Waals surface area contributed by atoms with Crippen LogP contribution in [0.15, 0.2) is 12.2 Å². The number of rotatable bonds is 5. The SMILES string of the molecule is CCOC(/C=C/C=O)CC. The molecule has 0 aromatic rings. The van der Waals surface area contributed by atoms with Crippen LogP contribution >= 0.6 is 0 Å². The summed E-state index contributed by atoms with van der Waals surface area (Å²) in [5.41, 5.74) is 0. The van der Waals surface area contributed by atoms with Gasteiger partial charge < -0.3 is 4.74 Å². The van der Waals surface area contributed by atoms with Gasteiger partial charge in [-0.25, -0.2) is 0 Å². The molecule has 0 rings (SSSR count). The molecule has 0 aliphatic heterocycles. The lowest BCUT2D eigenvalue weighted by molar-refractivity contribution is -0.104. The number of ether oxygens (including phenoxy) is 1. The predicted octanol–water partition coefficient (Wildman–Crippen LogP) is 1.56. The van der Waals surface area contributed by atoms with E-state index >= 15 is 0 Å². The summed E-state index contributed by atoms with van der Waals surface area (Å²) in [5.74, 6) is 0. The van der Waals surface area contributed by atoms with Crippen molar-refractivity contribution in [3.05, 3.63) is 12.2 Å². The van der Waals surface area contributed by atoms with Gasteiger partial charge in [-0.1, -0.05) is 13.0 Å². The number of allylic oxidation sites excluding steroid dienone is 1. The van der Waals surface area contributed by atoms with Gasteiger partial charge in [-0.15, -0.1) is 0 Å². The Hall–Kier alpha value is -0.630. The molecule has 0 heterocycles. The smallest absolute Gasteiger partial charge is 0.142 e. The van der Waals surface area contributed by atoms with E-state index in [0.717, 1.165) is 12.7 Å². The highest BCUT2D eigenvalue weighted by Crippen LogP contribution is 1.98. The van der Waals surface area contributed by atoms with Gasteiger partial charge >= 0.3 is 0 Å². The summed E-state index contributed by atoms with van der Waals surface area (Å²) in [5, 5.41) is 0. The van der Waals surface area contributed by atoms with Crippen LogP contribution < -0.4 is 0 Å². The van der Waals surface area contributed by atoms with Gasteiger partial charge in [0.05, 0.1) is 6.10 Å². The van der Waals surface area contributed by atoms with Gasteiger partial charge in [0.2, 0.25) is 0 Å². The summed E-state index contributed by atoms with van der Waals surface area (Å²) in [4.78, 5) is 9.89. The Morgan fingerprint density at radius 2 is 2.20 bits per heavy atom. The first-order valence-corrected chi connectivity index (χ1v) is 3.58. The van der Waals surface area contributed by atoms with E-state index in [1.165, 1.54) is 6.08 Å². The largest absolute Gasteiger partial charge is 0.374 e. The van der Waals surface area contributed by atoms with Gasteiger partial charge in [0.15, 0.2) is 0 Å². The zero-order valence-corrected chi connectivity index (χ0v) is 6.54. The first-order chi connectivity index (χ1) is 4.85. The minimum atomic E-state index is 0.107. The van der Waals surface area contributed by atoms with E-state index in [-0.39, 0.29) is 6.10 Å². The van der Waals surface area contributed by atoms with Crippen molar-refractivity contribution in [2.24, 2.45) is 0 Å². The molecule has 0 saturated heterocycles. The van der Waals surface area contributed by atoms with E-state index < -0.39 is 0 Å². The maximum absolute atomic E-state index is 9.89. The van der Waals surface area contributed by atoms with Gasteiger partial charge in [-0.2, -0.15) is 0 Å². The van der Waals surface area contributed by atoms with Crippen molar-refractivity contribution in [1.29, 1.82) is 0 Å². The first-order valence-electron chi connectivity index (χ1n) is 3.58. The Labute approximate surface area is 61.9 Å². The standard InChI is InChI=1S/C8H14O2/c1-3-8(10-4-2)6-5-7-9/h5-8H,3-4H2,1-2H3/b6-5+. The van der Waals surface area contributed by atoms with Crippen LogP contribution in [0.25, 0.3) is 0 Å². The highest BCUT2D eigenvalue weighted by molar-refractivity contribution is 5.64. The molecule has 2 heteroatoms. The van der Waals surface area contributed by atoms with E-state index in [4.69, 9.17) is 4.74 Å². The Balaban J connectivity index is 3.58. The highest BCUT2D eigenvalue weighted by Gasteiger charge is 1.97. The summed E-state index contributed by atoms with van der Waals surface area (Å²) in [6, 6.07) is 0. The number of hydrogen-bond acceptors (Lipinski definition) is 2. The lowest BCUT2D eigenvalue weighted by Gasteiger charge is -2.08. The second-order valence-electron chi connectivity index (χ2n) is 1.92. The molecule has 10 heavy (non-hydrogen) atoms. The second-order valence-corrected chi connectivity index (χ2v) is 1.92. The Morgan fingerprint density at radius 1 is 1.50 bits per heavy atom. The van der Waals surface area contributed by atoms with Crippen molar-refractivity contribution in [1.82, 2.24) is 0 Å². The minimum absolute atomic E-state index is 0.107. The third-order valence-corrected chi connectivity index (χ3v) is 1.19. The molecule has 0 aliphatic rings. The van der Waals surface area contributed by atoms with Crippen LogP contribution in [0.2, 0.25) is 0 Å². The summed E-state index contributed by atoms with van der Waals surface area (Å²) < 4.78 is 5.25. The van der Waals surface area contributed by atoms with Crippen molar-refractivity contribution in [3.8, 4) is 0 Å². The van der Waals surface area contributed by atoms with Crippen LogP contribution in [0, 0.1) is 0 Å². The molecule has 0 N–H and O–H groups in total. The number of carbonyl (C=O) groups is 1. The van der Waals surface area contributed by atoms with Gasteiger partial charge in [0, 0.05) is 6.61 Å². The van der Waals surface area contributed by atoms with Gasteiger partial charge in [-0.05, 0) is 19.4 Å². The third kappa shape index (κ3) is 4.27. The van der Waals surface area contributed by atoms with Crippen molar-refractivity contribution in [2.45, 2.75) is 26.4 Å². The fraction of sp³-hybridized carbons (Fsp3) is 0.625. The molecule has 0 fully saturated rings. The molecule has 2 nitrogen and oxygen atoms in total. The van der Waals surface area contributed by atoms with Crippen molar-refractivity contribution in [2.75, 3.05) is 6.61 Å². The van der Waals surface area contributed by atoms with Crippen LogP contribution in [-0.2, 0) is 9.53 Å². The molecular weight excluding hydrogens is 128 g/mol. The fourth-order valence-corrected chi connectivity index (χ4v) is 0.693. The maximum Gasteiger partial charge on any atom is 0.142 e. The number of aldehydes is 1. The topological polar surface area (TPSA) is 26.3 Å². The minimum Gasteiger partial charge on any atom is -0.374 e. The van der Waals surface area contributed by atoms with Gasteiger partial charge in [0.1, 0.15) is 6.29 Å². The molecule has 0 aliphatic carbocycles. The van der Waals surface area contributed by atoms with Gasteiger partial charge in [-0.3, -0.25) is 4.79 Å². The van der Waals surface area contributed by atoms with E-state index in [0.29, 0.717) is 6.61 Å². The van der Waals surface area contributed by atoms with Crippen LogP contribution in [-0.4, -0.2) is 19.0 Å². The molecule has 0 aromatic heterocycles. The summed E-state index contributed by atoms with van der Waals surface area (Å²) >= 11 is 0. The molecule has 1 unspecified atom stereocenters. The van der Waals surface area contributed by atoms with Crippen molar-refractivity contribution in [3.63, 3.8) is 0 Å². The average Bonchev–Trinajstić information content (AvgIpc) is 1.98. The summed E-state index contributed by atoms with van der Waals surface area (Å²) in [6.07, 6.45) is 5.04. The summed E-state index contributed by atoms with van der Waals surface area (Å²) in [6.45, 7) is 4.66. The van der Waals surface area contributed by atoms with E-state index in [1.54, 1.807) is 6.08 Å². The molecule has 0 radical (unpaired) electrons. The molecule has 1 atom stereocenters. The second kappa shape index (κ2) is 6.49. The zero-order valence-electron chi connectivity index (χ0n) is 6.54. The first kappa shape index (κ1) is 9.37. The molecule has 58 valence electrons. The summed E-state index contributed by atoms with van der Waals surface area (Å²) in [7, 11) is 0. The van der Waals surface area contributed by atoms with Crippen molar-refractivity contribution < 1.29 is 9.53 Å². The van der Waals surface area contributed by atoms with E-state index in [2.05, 4.69) is 0 Å². The number of hydrogen-bond donors (Lipinski definition) is 0. The van der Waals surface area contributed by atoms with Gasteiger partial charge in [0.25, 0.3) is 0 Å². The Kier molecular flexibility index (Phi) is 6.08. The Morgan fingerprint density at radius 3 is 2.60 bits per heavy atom. The molecule has 0 amide bonds. The van der Waals surface area contributed by atoms with E-state index in [9.17, 15) is 4.79 Å². The van der Waals surface area contributed by atoms with E-state index in [1.807, 2.05) is 13.8 Å². The molecule has 0 aromatic carbocycles. The normalized spacial score (nSPS) is 13.8. The number of carbonyl (C=O) groups excluding carboxylic acids is 1. The zero-order chi connectivity index (χ0) is 7.82. The van der Waals surface area contributed by atoms with Crippen molar-refractivity contribution >= 4 is 6.29 Å². The fourth-order valence-electron chi connectivity index (χ4n) is 0.693. The molecule has 0 spiro atoms. The van der Waals surface area contributed by atoms with Crippen LogP contribution in [0.5, 0.6) is 0 Å².